The van der Waals surface area contributed by atoms with Crippen LogP contribution in [0.5, 0.6) is 5.75 Å². The number of nitrogens with zero attached hydrogens (tertiary/aromatic N) is 2. The normalized spacial score (nSPS) is 17.9. The molecule has 0 spiro atoms. The molecule has 1 atom stereocenters. The highest BCUT2D eigenvalue weighted by molar-refractivity contribution is 6.46. The first-order valence-corrected chi connectivity index (χ1v) is 10.4. The molecule has 2 heterocycles. The van der Waals surface area contributed by atoms with Crippen LogP contribution in [0.1, 0.15) is 42.5 Å². The van der Waals surface area contributed by atoms with Crippen molar-refractivity contribution < 1.29 is 24.2 Å². The molecule has 31 heavy (non-hydrogen) atoms. The first-order chi connectivity index (χ1) is 15.0. The molecular formula is C24H28N2O5. The highest BCUT2D eigenvalue weighted by Crippen LogP contribution is 2.39. The highest BCUT2D eigenvalue weighted by Gasteiger charge is 2.45. The van der Waals surface area contributed by atoms with Gasteiger partial charge in [-0.05, 0) is 54.8 Å². The molecule has 0 bridgehead atoms. The second kappa shape index (κ2) is 10.2. The van der Waals surface area contributed by atoms with Gasteiger partial charge in [0, 0.05) is 31.6 Å². The maximum Gasteiger partial charge on any atom is 0.295 e. The Bertz CT molecular complexity index is 971. The Hall–Kier alpha value is -3.19. The van der Waals surface area contributed by atoms with Crippen LogP contribution in [0.4, 0.5) is 0 Å². The quantitative estimate of drug-likeness (QED) is 0.286. The summed E-state index contributed by atoms with van der Waals surface area (Å²) in [7, 11) is 1.53. The van der Waals surface area contributed by atoms with Gasteiger partial charge in [0.25, 0.3) is 11.7 Å². The van der Waals surface area contributed by atoms with Crippen molar-refractivity contribution in [1.29, 1.82) is 0 Å². The van der Waals surface area contributed by atoms with Crippen molar-refractivity contribution in [3.63, 3.8) is 0 Å². The van der Waals surface area contributed by atoms with Gasteiger partial charge in [-0.1, -0.05) is 13.3 Å². The fraction of sp³-hybridized carbons (Fsp3) is 0.375. The maximum absolute atomic E-state index is 12.9. The third-order valence-electron chi connectivity index (χ3n) is 5.30. The zero-order chi connectivity index (χ0) is 22.4. The zero-order valence-corrected chi connectivity index (χ0v) is 18.1. The number of likely N-dealkylation sites (tertiary alicyclic amines) is 1. The molecule has 7 nitrogen and oxygen atoms in total. The number of aliphatic hydroxyl groups is 1. The van der Waals surface area contributed by atoms with Gasteiger partial charge in [-0.3, -0.25) is 14.6 Å². The predicted octanol–water partition coefficient (Wildman–Crippen LogP) is 3.64. The summed E-state index contributed by atoms with van der Waals surface area (Å²) in [5.74, 6) is -0.840. The SMILES string of the molecule is CCCCOc1ccc(C(O)=C2C(=O)C(=O)N(CCOC)[C@H]2c2ccncc2)cc1C. The molecule has 0 aliphatic carbocycles. The van der Waals surface area contributed by atoms with Gasteiger partial charge in [0.05, 0.1) is 24.8 Å². The molecule has 1 aliphatic rings. The molecule has 1 aliphatic heterocycles. The van der Waals surface area contributed by atoms with Gasteiger partial charge in [0.1, 0.15) is 11.5 Å². The summed E-state index contributed by atoms with van der Waals surface area (Å²) in [6.45, 7) is 5.11. The van der Waals surface area contributed by atoms with Crippen LogP contribution < -0.4 is 4.74 Å². The highest BCUT2D eigenvalue weighted by atomic mass is 16.5. The number of ether oxygens (including phenoxy) is 2. The zero-order valence-electron chi connectivity index (χ0n) is 18.1. The Labute approximate surface area is 182 Å². The number of aliphatic hydroxyl groups excluding tert-OH is 1. The predicted molar refractivity (Wildman–Crippen MR) is 117 cm³/mol. The number of hydrogen-bond donors (Lipinski definition) is 1. The lowest BCUT2D eigenvalue weighted by Crippen LogP contribution is -2.32. The van der Waals surface area contributed by atoms with E-state index < -0.39 is 17.7 Å². The number of carbonyl (C=O) groups is 2. The van der Waals surface area contributed by atoms with Crippen LogP contribution in [-0.4, -0.2) is 53.5 Å². The van der Waals surface area contributed by atoms with Crippen molar-refractivity contribution in [2.24, 2.45) is 0 Å². The van der Waals surface area contributed by atoms with E-state index in [2.05, 4.69) is 11.9 Å². The number of pyridine rings is 1. The summed E-state index contributed by atoms with van der Waals surface area (Å²) in [6, 6.07) is 8.01. The van der Waals surface area contributed by atoms with Crippen LogP contribution in [0, 0.1) is 6.92 Å². The summed E-state index contributed by atoms with van der Waals surface area (Å²) in [5, 5.41) is 11.1. The number of methoxy groups -OCH3 is 1. The average Bonchev–Trinajstić information content (AvgIpc) is 3.03. The van der Waals surface area contributed by atoms with Crippen LogP contribution in [0.3, 0.4) is 0 Å². The molecule has 7 heteroatoms. The molecular weight excluding hydrogens is 396 g/mol. The van der Waals surface area contributed by atoms with Crippen molar-refractivity contribution in [3.05, 3.63) is 65.0 Å². The molecule has 1 amide bonds. The van der Waals surface area contributed by atoms with Gasteiger partial charge in [0.2, 0.25) is 0 Å². The molecule has 0 saturated carbocycles. The van der Waals surface area contributed by atoms with E-state index >= 15 is 0 Å². The van der Waals surface area contributed by atoms with Crippen molar-refractivity contribution >= 4 is 17.4 Å². The smallest absolute Gasteiger partial charge is 0.295 e. The van der Waals surface area contributed by atoms with Crippen molar-refractivity contribution in [2.45, 2.75) is 32.7 Å². The second-order valence-electron chi connectivity index (χ2n) is 7.45. The molecule has 1 N–H and O–H groups in total. The minimum Gasteiger partial charge on any atom is -0.507 e. The molecule has 1 aromatic heterocycles. The van der Waals surface area contributed by atoms with Gasteiger partial charge in [-0.2, -0.15) is 0 Å². The molecule has 164 valence electrons. The number of hydrogen-bond acceptors (Lipinski definition) is 6. The fourth-order valence-electron chi connectivity index (χ4n) is 3.63. The van der Waals surface area contributed by atoms with Crippen molar-refractivity contribution in [2.75, 3.05) is 26.9 Å². The molecule has 1 saturated heterocycles. The van der Waals surface area contributed by atoms with E-state index in [9.17, 15) is 14.7 Å². The maximum atomic E-state index is 12.9. The van der Waals surface area contributed by atoms with Crippen molar-refractivity contribution in [1.82, 2.24) is 9.88 Å². The molecule has 0 unspecified atom stereocenters. The number of aryl methyl sites for hydroxylation is 1. The number of carbonyl (C=O) groups excluding carboxylic acids is 2. The van der Waals surface area contributed by atoms with E-state index in [-0.39, 0.29) is 24.5 Å². The summed E-state index contributed by atoms with van der Waals surface area (Å²) in [5.41, 5.74) is 2.06. The Morgan fingerprint density at radius 1 is 1.16 bits per heavy atom. The topological polar surface area (TPSA) is 89.0 Å². The summed E-state index contributed by atoms with van der Waals surface area (Å²) in [6.07, 6.45) is 5.19. The van der Waals surface area contributed by atoms with Crippen LogP contribution in [0.2, 0.25) is 0 Å². The number of ketones is 1. The van der Waals surface area contributed by atoms with Gasteiger partial charge < -0.3 is 19.5 Å². The third-order valence-corrected chi connectivity index (χ3v) is 5.30. The second-order valence-corrected chi connectivity index (χ2v) is 7.45. The first-order valence-electron chi connectivity index (χ1n) is 10.4. The van der Waals surface area contributed by atoms with Gasteiger partial charge in [-0.25, -0.2) is 0 Å². The molecule has 2 aromatic rings. The van der Waals surface area contributed by atoms with E-state index in [4.69, 9.17) is 9.47 Å². The number of benzene rings is 1. The summed E-state index contributed by atoms with van der Waals surface area (Å²) < 4.78 is 10.9. The number of rotatable bonds is 9. The van der Waals surface area contributed by atoms with E-state index in [0.717, 1.165) is 24.2 Å². The number of unbranched alkanes of at least 4 members (excludes halogenated alkanes) is 1. The minimum absolute atomic E-state index is 0.0614. The van der Waals surface area contributed by atoms with E-state index in [0.29, 0.717) is 17.7 Å². The first kappa shape index (κ1) is 22.5. The average molecular weight is 424 g/mol. The molecule has 1 fully saturated rings. The van der Waals surface area contributed by atoms with Crippen LogP contribution in [-0.2, 0) is 14.3 Å². The van der Waals surface area contributed by atoms with Gasteiger partial charge in [-0.15, -0.1) is 0 Å². The Morgan fingerprint density at radius 2 is 1.90 bits per heavy atom. The van der Waals surface area contributed by atoms with E-state index in [1.54, 1.807) is 42.7 Å². The van der Waals surface area contributed by atoms with Gasteiger partial charge >= 0.3 is 0 Å². The Morgan fingerprint density at radius 3 is 2.55 bits per heavy atom. The van der Waals surface area contributed by atoms with Crippen LogP contribution in [0.25, 0.3) is 5.76 Å². The van der Waals surface area contributed by atoms with E-state index in [1.165, 1.54) is 12.0 Å². The largest absolute Gasteiger partial charge is 0.507 e. The summed E-state index contributed by atoms with van der Waals surface area (Å²) >= 11 is 0. The Kier molecular flexibility index (Phi) is 7.41. The lowest BCUT2D eigenvalue weighted by molar-refractivity contribution is -0.140. The standard InChI is InChI=1S/C24H28N2O5/c1-4-5-13-31-19-7-6-18(15-16(19)2)22(27)20-21(17-8-10-25-11-9-17)26(12-14-30-3)24(29)23(20)28/h6-11,15,21,27H,4-5,12-14H2,1-3H3/t21-/m0/s1. The monoisotopic (exact) mass is 424 g/mol. The lowest BCUT2D eigenvalue weighted by atomic mass is 9.95. The van der Waals surface area contributed by atoms with E-state index in [1.807, 2.05) is 6.92 Å². The minimum atomic E-state index is -0.712. The number of Topliss-reactive ketones (excluding diaryl/α,β-unsaturated/α-hetero) is 1. The van der Waals surface area contributed by atoms with Crippen molar-refractivity contribution in [3.8, 4) is 5.75 Å². The number of aromatic nitrogens is 1. The molecule has 0 radical (unpaired) electrons. The summed E-state index contributed by atoms with van der Waals surface area (Å²) in [4.78, 5) is 31.1. The molecule has 1 aromatic carbocycles. The van der Waals surface area contributed by atoms with Crippen LogP contribution >= 0.6 is 0 Å². The van der Waals surface area contributed by atoms with Crippen LogP contribution in [0.15, 0.2) is 48.3 Å². The van der Waals surface area contributed by atoms with Gasteiger partial charge in [0.15, 0.2) is 0 Å². The lowest BCUT2D eigenvalue weighted by Gasteiger charge is -2.24. The number of amides is 1. The molecule has 3 rings (SSSR count). The third kappa shape index (κ3) is 4.77. The fourth-order valence-corrected chi connectivity index (χ4v) is 3.63. The Balaban J connectivity index is 2.03.